The van der Waals surface area contributed by atoms with E-state index in [4.69, 9.17) is 0 Å². The van der Waals surface area contributed by atoms with Gasteiger partial charge in [0.15, 0.2) is 0 Å². The molecule has 1 heterocycles. The van der Waals surface area contributed by atoms with Crippen LogP contribution in [0.15, 0.2) is 48.0 Å². The zero-order chi connectivity index (χ0) is 22.7. The Labute approximate surface area is 185 Å². The van der Waals surface area contributed by atoms with Gasteiger partial charge in [-0.05, 0) is 62.2 Å². The smallest absolute Gasteiger partial charge is 0.295 e. The highest BCUT2D eigenvalue weighted by Crippen LogP contribution is 2.40. The van der Waals surface area contributed by atoms with Gasteiger partial charge in [0.25, 0.3) is 11.7 Å². The number of aliphatic hydroxyl groups excluding tert-OH is 1. The van der Waals surface area contributed by atoms with Crippen LogP contribution in [0.3, 0.4) is 0 Å². The van der Waals surface area contributed by atoms with Gasteiger partial charge in [0.1, 0.15) is 5.76 Å². The first-order valence-corrected chi connectivity index (χ1v) is 10.9. The molecule has 1 N–H and O–H groups in total. The number of aliphatic hydroxyl groups is 1. The van der Waals surface area contributed by atoms with Crippen molar-refractivity contribution < 1.29 is 14.7 Å². The monoisotopic (exact) mass is 420 g/mol. The second kappa shape index (κ2) is 9.48. The van der Waals surface area contributed by atoms with Crippen LogP contribution in [0.4, 0.5) is 0 Å². The summed E-state index contributed by atoms with van der Waals surface area (Å²) < 4.78 is 0. The molecule has 0 saturated carbocycles. The van der Waals surface area contributed by atoms with E-state index < -0.39 is 17.7 Å². The van der Waals surface area contributed by atoms with Crippen LogP contribution in [-0.4, -0.2) is 52.8 Å². The Hall–Kier alpha value is -2.92. The molecule has 0 aliphatic carbocycles. The summed E-state index contributed by atoms with van der Waals surface area (Å²) in [6.45, 7) is 12.9. The van der Waals surface area contributed by atoms with E-state index in [-0.39, 0.29) is 11.3 Å². The van der Waals surface area contributed by atoms with Crippen molar-refractivity contribution in [2.45, 2.75) is 40.7 Å². The number of carbonyl (C=O) groups is 2. The Morgan fingerprint density at radius 3 is 2.26 bits per heavy atom. The summed E-state index contributed by atoms with van der Waals surface area (Å²) in [6.07, 6.45) is 0. The summed E-state index contributed by atoms with van der Waals surface area (Å²) in [5.74, 6) is -1.28. The molecule has 5 nitrogen and oxygen atoms in total. The molecule has 164 valence electrons. The maximum atomic E-state index is 13.1. The maximum Gasteiger partial charge on any atom is 0.295 e. The summed E-state index contributed by atoms with van der Waals surface area (Å²) in [4.78, 5) is 30.0. The van der Waals surface area contributed by atoms with Gasteiger partial charge in [-0.3, -0.25) is 9.59 Å². The second-order valence-corrected chi connectivity index (χ2v) is 8.17. The lowest BCUT2D eigenvalue weighted by Crippen LogP contribution is -2.38. The van der Waals surface area contributed by atoms with Crippen LogP contribution in [0.25, 0.3) is 5.76 Å². The molecule has 0 spiro atoms. The van der Waals surface area contributed by atoms with E-state index in [1.165, 1.54) is 0 Å². The van der Waals surface area contributed by atoms with Crippen molar-refractivity contribution in [3.05, 3.63) is 75.9 Å². The van der Waals surface area contributed by atoms with Crippen molar-refractivity contribution in [3.63, 3.8) is 0 Å². The average molecular weight is 421 g/mol. The van der Waals surface area contributed by atoms with Crippen molar-refractivity contribution in [2.75, 3.05) is 26.2 Å². The molecule has 2 aromatic carbocycles. The first kappa shape index (κ1) is 22.8. The van der Waals surface area contributed by atoms with Gasteiger partial charge in [0.05, 0.1) is 11.6 Å². The highest BCUT2D eigenvalue weighted by Gasteiger charge is 2.46. The Morgan fingerprint density at radius 2 is 1.65 bits per heavy atom. The van der Waals surface area contributed by atoms with E-state index in [0.717, 1.165) is 35.3 Å². The molecule has 1 aliphatic heterocycles. The maximum absolute atomic E-state index is 13.1. The van der Waals surface area contributed by atoms with E-state index in [1.807, 2.05) is 57.2 Å². The third kappa shape index (κ3) is 4.42. The number of rotatable bonds is 7. The number of aryl methyl sites for hydroxylation is 3. The third-order valence-corrected chi connectivity index (χ3v) is 6.35. The topological polar surface area (TPSA) is 60.9 Å². The highest BCUT2D eigenvalue weighted by molar-refractivity contribution is 6.46. The SMILES string of the molecule is CCN(CC)CCN1C(=O)C(=O)/C(=C(/O)c2ccc(C)c(C)c2)C1c1ccccc1C. The molecular weight excluding hydrogens is 388 g/mol. The van der Waals surface area contributed by atoms with Gasteiger partial charge >= 0.3 is 0 Å². The lowest BCUT2D eigenvalue weighted by molar-refractivity contribution is -0.140. The molecule has 1 atom stereocenters. The quantitative estimate of drug-likeness (QED) is 0.410. The molecule has 2 aromatic rings. The number of likely N-dealkylation sites (tertiary alicyclic amines) is 1. The van der Waals surface area contributed by atoms with E-state index in [0.29, 0.717) is 18.7 Å². The lowest BCUT2D eigenvalue weighted by Gasteiger charge is -2.29. The van der Waals surface area contributed by atoms with Crippen LogP contribution in [0.2, 0.25) is 0 Å². The first-order chi connectivity index (χ1) is 14.8. The fourth-order valence-corrected chi connectivity index (χ4v) is 4.16. The van der Waals surface area contributed by atoms with Crippen LogP contribution in [0.5, 0.6) is 0 Å². The minimum atomic E-state index is -0.622. The normalized spacial score (nSPS) is 18.3. The molecule has 1 saturated heterocycles. The summed E-state index contributed by atoms with van der Waals surface area (Å²) in [5.41, 5.74) is 4.70. The number of carbonyl (C=O) groups excluding carboxylic acids is 2. The number of benzene rings is 2. The second-order valence-electron chi connectivity index (χ2n) is 8.17. The zero-order valence-corrected chi connectivity index (χ0v) is 19.1. The minimum Gasteiger partial charge on any atom is -0.507 e. The number of ketones is 1. The lowest BCUT2D eigenvalue weighted by atomic mass is 9.92. The van der Waals surface area contributed by atoms with Crippen LogP contribution in [-0.2, 0) is 9.59 Å². The first-order valence-electron chi connectivity index (χ1n) is 10.9. The summed E-state index contributed by atoms with van der Waals surface area (Å²) in [7, 11) is 0. The van der Waals surface area contributed by atoms with Crippen LogP contribution >= 0.6 is 0 Å². The van der Waals surface area contributed by atoms with Crippen molar-refractivity contribution in [1.82, 2.24) is 9.80 Å². The van der Waals surface area contributed by atoms with E-state index in [1.54, 1.807) is 11.0 Å². The van der Waals surface area contributed by atoms with Gasteiger partial charge in [-0.15, -0.1) is 0 Å². The van der Waals surface area contributed by atoms with Crippen molar-refractivity contribution in [2.24, 2.45) is 0 Å². The predicted molar refractivity (Wildman–Crippen MR) is 124 cm³/mol. The van der Waals surface area contributed by atoms with E-state index >= 15 is 0 Å². The number of Topliss-reactive ketones (excluding diaryl/α,β-unsaturated/α-hetero) is 1. The Morgan fingerprint density at radius 1 is 0.968 bits per heavy atom. The van der Waals surface area contributed by atoms with Gasteiger partial charge in [0, 0.05) is 18.7 Å². The molecule has 1 amide bonds. The van der Waals surface area contributed by atoms with Gasteiger partial charge in [0.2, 0.25) is 0 Å². The number of hydrogen-bond donors (Lipinski definition) is 1. The number of amides is 1. The molecule has 1 aliphatic rings. The van der Waals surface area contributed by atoms with Crippen LogP contribution in [0, 0.1) is 20.8 Å². The molecule has 1 fully saturated rings. The zero-order valence-electron chi connectivity index (χ0n) is 19.1. The number of nitrogens with zero attached hydrogens (tertiary/aromatic N) is 2. The largest absolute Gasteiger partial charge is 0.507 e. The molecule has 1 unspecified atom stereocenters. The number of likely N-dealkylation sites (N-methyl/N-ethyl adjacent to an activating group) is 1. The fourth-order valence-electron chi connectivity index (χ4n) is 4.16. The van der Waals surface area contributed by atoms with Crippen molar-refractivity contribution in [3.8, 4) is 0 Å². The molecule has 0 aromatic heterocycles. The molecule has 5 heteroatoms. The third-order valence-electron chi connectivity index (χ3n) is 6.35. The fraction of sp³-hybridized carbons (Fsp3) is 0.385. The Kier molecular flexibility index (Phi) is 6.96. The van der Waals surface area contributed by atoms with Gasteiger partial charge in [-0.25, -0.2) is 0 Å². The molecule has 0 bridgehead atoms. The molecule has 0 radical (unpaired) electrons. The molecular formula is C26H32N2O3. The minimum absolute atomic E-state index is 0.111. The highest BCUT2D eigenvalue weighted by atomic mass is 16.3. The van der Waals surface area contributed by atoms with Crippen molar-refractivity contribution >= 4 is 17.4 Å². The van der Waals surface area contributed by atoms with E-state index in [2.05, 4.69) is 18.7 Å². The predicted octanol–water partition coefficient (Wildman–Crippen LogP) is 4.38. The van der Waals surface area contributed by atoms with Gasteiger partial charge in [-0.1, -0.05) is 50.2 Å². The summed E-state index contributed by atoms with van der Waals surface area (Å²) >= 11 is 0. The van der Waals surface area contributed by atoms with Gasteiger partial charge in [-0.2, -0.15) is 0 Å². The summed E-state index contributed by atoms with van der Waals surface area (Å²) in [6, 6.07) is 12.7. The van der Waals surface area contributed by atoms with Crippen LogP contribution < -0.4 is 0 Å². The number of hydrogen-bond acceptors (Lipinski definition) is 4. The van der Waals surface area contributed by atoms with Gasteiger partial charge < -0.3 is 14.9 Å². The summed E-state index contributed by atoms with van der Waals surface area (Å²) in [5, 5.41) is 11.2. The average Bonchev–Trinajstić information content (AvgIpc) is 3.01. The standard InChI is InChI=1S/C26H32N2O3/c1-6-27(7-2)14-15-28-23(21-11-9-8-10-18(21)4)22(25(30)26(28)31)24(29)20-13-12-17(3)19(5)16-20/h8-13,16,23,29H,6-7,14-15H2,1-5H3/b24-22+. The molecule has 31 heavy (non-hydrogen) atoms. The van der Waals surface area contributed by atoms with Crippen molar-refractivity contribution in [1.29, 1.82) is 0 Å². The molecule has 3 rings (SSSR count). The Balaban J connectivity index is 2.14. The van der Waals surface area contributed by atoms with E-state index in [9.17, 15) is 14.7 Å². The Bertz CT molecular complexity index is 1020. The van der Waals surface area contributed by atoms with Crippen LogP contribution in [0.1, 0.15) is 47.7 Å².